The molecule has 1 aromatic heterocycles. The summed E-state index contributed by atoms with van der Waals surface area (Å²) in [6.45, 7) is 2.38. The van der Waals surface area contributed by atoms with Gasteiger partial charge >= 0.3 is 0 Å². The quantitative estimate of drug-likeness (QED) is 0.509. The first-order valence-electron chi connectivity index (χ1n) is 9.66. The maximum Gasteiger partial charge on any atom is 0.251 e. The van der Waals surface area contributed by atoms with Crippen LogP contribution in [0, 0.1) is 12.7 Å². The van der Waals surface area contributed by atoms with Crippen LogP contribution in [0.4, 0.5) is 4.39 Å². The smallest absolute Gasteiger partial charge is 0.251 e. The van der Waals surface area contributed by atoms with E-state index in [0.717, 1.165) is 22.2 Å². The van der Waals surface area contributed by atoms with Crippen LogP contribution < -0.4 is 10.1 Å². The Morgan fingerprint density at radius 2 is 1.90 bits per heavy atom. The summed E-state index contributed by atoms with van der Waals surface area (Å²) >= 11 is 0. The number of aromatic nitrogens is 2. The molecular formula is C24H22FN3O2. The molecular weight excluding hydrogens is 381 g/mol. The maximum absolute atomic E-state index is 13.5. The summed E-state index contributed by atoms with van der Waals surface area (Å²) in [7, 11) is 1.58. The zero-order valence-corrected chi connectivity index (χ0v) is 16.8. The van der Waals surface area contributed by atoms with E-state index in [1.807, 2.05) is 41.8 Å². The molecule has 0 saturated carbocycles. The summed E-state index contributed by atoms with van der Waals surface area (Å²) in [4.78, 5) is 17.4. The Bertz CT molecular complexity index is 1180. The summed E-state index contributed by atoms with van der Waals surface area (Å²) < 4.78 is 20.8. The molecule has 5 nitrogen and oxygen atoms in total. The van der Waals surface area contributed by atoms with Gasteiger partial charge in [-0.3, -0.25) is 4.79 Å². The van der Waals surface area contributed by atoms with E-state index < -0.39 is 0 Å². The Kier molecular flexibility index (Phi) is 5.48. The highest BCUT2D eigenvalue weighted by Crippen LogP contribution is 2.22. The highest BCUT2D eigenvalue weighted by Gasteiger charge is 2.18. The molecule has 3 aromatic carbocycles. The van der Waals surface area contributed by atoms with Gasteiger partial charge in [-0.1, -0.05) is 30.3 Å². The number of halogens is 1. The lowest BCUT2D eigenvalue weighted by atomic mass is 10.0. The Labute approximate surface area is 174 Å². The molecule has 152 valence electrons. The summed E-state index contributed by atoms with van der Waals surface area (Å²) in [6, 6.07) is 18.9. The Hall–Kier alpha value is -3.67. The molecule has 0 unspecified atom stereocenters. The molecule has 0 aliphatic rings. The number of hydrogen-bond donors (Lipinski definition) is 1. The maximum atomic E-state index is 13.5. The second kappa shape index (κ2) is 8.37. The van der Waals surface area contributed by atoms with Gasteiger partial charge in [-0.15, -0.1) is 0 Å². The molecule has 0 spiro atoms. The number of hydrogen-bond acceptors (Lipinski definition) is 3. The summed E-state index contributed by atoms with van der Waals surface area (Å²) in [5.74, 6) is 0.105. The number of para-hydroxylation sites is 2. The van der Waals surface area contributed by atoms with Crippen molar-refractivity contribution in [3.8, 4) is 5.75 Å². The highest BCUT2D eigenvalue weighted by atomic mass is 19.1. The van der Waals surface area contributed by atoms with Crippen LogP contribution in [0.2, 0.25) is 0 Å². The average Bonchev–Trinajstić information content (AvgIpc) is 3.17. The molecule has 1 heterocycles. The molecule has 0 aliphatic carbocycles. The van der Waals surface area contributed by atoms with Crippen LogP contribution >= 0.6 is 0 Å². The van der Waals surface area contributed by atoms with Crippen LogP contribution in [-0.4, -0.2) is 22.6 Å². The first kappa shape index (κ1) is 19.6. The number of ether oxygens (including phenoxy) is 1. The lowest BCUT2D eigenvalue weighted by molar-refractivity contribution is 0.0932. The van der Waals surface area contributed by atoms with Gasteiger partial charge in [0, 0.05) is 12.1 Å². The lowest BCUT2D eigenvalue weighted by Gasteiger charge is -2.21. The molecule has 0 radical (unpaired) electrons. The lowest BCUT2D eigenvalue weighted by Crippen LogP contribution is -2.31. The zero-order valence-electron chi connectivity index (χ0n) is 16.8. The standard InChI is InChI=1S/C24H22FN3O2/c1-16-7-8-18(13-23(16)30-2)24(29)27-21(17-9-11-19(25)12-10-17)14-28-15-26-20-5-3-4-6-22(20)28/h3-13,15,21H,14H2,1-2H3,(H,27,29)/t21-/m1/s1. The van der Waals surface area contributed by atoms with E-state index in [-0.39, 0.29) is 17.8 Å². The van der Waals surface area contributed by atoms with E-state index in [1.165, 1.54) is 12.1 Å². The van der Waals surface area contributed by atoms with Crippen LogP contribution in [0.1, 0.15) is 27.5 Å². The van der Waals surface area contributed by atoms with Gasteiger partial charge in [-0.05, 0) is 54.4 Å². The third kappa shape index (κ3) is 4.03. The molecule has 30 heavy (non-hydrogen) atoms. The number of nitrogens with zero attached hydrogens (tertiary/aromatic N) is 2. The van der Waals surface area contributed by atoms with E-state index in [4.69, 9.17) is 4.74 Å². The van der Waals surface area contributed by atoms with Gasteiger partial charge in [0.25, 0.3) is 5.91 Å². The predicted molar refractivity (Wildman–Crippen MR) is 114 cm³/mol. The number of methoxy groups -OCH3 is 1. The molecule has 4 aromatic rings. The van der Waals surface area contributed by atoms with E-state index in [0.29, 0.717) is 17.9 Å². The number of imidazole rings is 1. The Morgan fingerprint density at radius 3 is 2.67 bits per heavy atom. The molecule has 4 rings (SSSR count). The largest absolute Gasteiger partial charge is 0.496 e. The minimum Gasteiger partial charge on any atom is -0.496 e. The summed E-state index contributed by atoms with van der Waals surface area (Å²) in [5.41, 5.74) is 4.11. The zero-order chi connectivity index (χ0) is 21.1. The van der Waals surface area contributed by atoms with Crippen LogP contribution in [0.3, 0.4) is 0 Å². The first-order chi connectivity index (χ1) is 14.5. The van der Waals surface area contributed by atoms with Crippen molar-refractivity contribution >= 4 is 16.9 Å². The molecule has 1 N–H and O–H groups in total. The number of fused-ring (bicyclic) bond motifs is 1. The van der Waals surface area contributed by atoms with Gasteiger partial charge in [0.15, 0.2) is 0 Å². The number of rotatable bonds is 6. The number of nitrogens with one attached hydrogen (secondary N) is 1. The fourth-order valence-corrected chi connectivity index (χ4v) is 3.48. The van der Waals surface area contributed by atoms with Gasteiger partial charge in [0.2, 0.25) is 0 Å². The van der Waals surface area contributed by atoms with Crippen LogP contribution in [0.5, 0.6) is 5.75 Å². The predicted octanol–water partition coefficient (Wildman–Crippen LogP) is 4.66. The SMILES string of the molecule is COc1cc(C(=O)N[C@H](Cn2cnc3ccccc32)c2ccc(F)cc2)ccc1C. The van der Waals surface area contributed by atoms with Crippen molar-refractivity contribution in [2.24, 2.45) is 0 Å². The number of carbonyl (C=O) groups excluding carboxylic acids is 1. The van der Waals surface area contributed by atoms with E-state index in [9.17, 15) is 9.18 Å². The number of aryl methyl sites for hydroxylation is 1. The van der Waals surface area contributed by atoms with Crippen molar-refractivity contribution in [1.29, 1.82) is 0 Å². The molecule has 0 saturated heterocycles. The topological polar surface area (TPSA) is 56.1 Å². The number of carbonyl (C=O) groups is 1. The number of amides is 1. The van der Waals surface area contributed by atoms with E-state index >= 15 is 0 Å². The second-order valence-corrected chi connectivity index (χ2v) is 7.15. The summed E-state index contributed by atoms with van der Waals surface area (Å²) in [5, 5.41) is 3.08. The first-order valence-corrected chi connectivity index (χ1v) is 9.66. The van der Waals surface area contributed by atoms with Crippen LogP contribution in [0.15, 0.2) is 73.1 Å². The molecule has 1 amide bonds. The summed E-state index contributed by atoms with van der Waals surface area (Å²) in [6.07, 6.45) is 1.75. The van der Waals surface area contributed by atoms with Crippen molar-refractivity contribution in [2.45, 2.75) is 19.5 Å². The fraction of sp³-hybridized carbons (Fsp3) is 0.167. The van der Waals surface area contributed by atoms with E-state index in [1.54, 1.807) is 37.7 Å². The van der Waals surface area contributed by atoms with Crippen molar-refractivity contribution in [3.63, 3.8) is 0 Å². The Balaban J connectivity index is 1.65. The van der Waals surface area contributed by atoms with Crippen molar-refractivity contribution in [1.82, 2.24) is 14.9 Å². The minimum absolute atomic E-state index is 0.230. The Morgan fingerprint density at radius 1 is 1.13 bits per heavy atom. The van der Waals surface area contributed by atoms with Gasteiger partial charge in [-0.2, -0.15) is 0 Å². The molecule has 0 bridgehead atoms. The van der Waals surface area contributed by atoms with Gasteiger partial charge < -0.3 is 14.6 Å². The third-order valence-corrected chi connectivity index (χ3v) is 5.15. The van der Waals surface area contributed by atoms with Gasteiger partial charge in [0.1, 0.15) is 11.6 Å². The average molecular weight is 403 g/mol. The second-order valence-electron chi connectivity index (χ2n) is 7.15. The van der Waals surface area contributed by atoms with Crippen molar-refractivity contribution < 1.29 is 13.9 Å². The minimum atomic E-state index is -0.372. The molecule has 6 heteroatoms. The van der Waals surface area contributed by atoms with Crippen molar-refractivity contribution in [3.05, 3.63) is 95.6 Å². The molecule has 0 aliphatic heterocycles. The van der Waals surface area contributed by atoms with Crippen LogP contribution in [-0.2, 0) is 6.54 Å². The molecule has 1 atom stereocenters. The van der Waals surface area contributed by atoms with Gasteiger partial charge in [0.05, 0.1) is 30.5 Å². The fourth-order valence-electron chi connectivity index (χ4n) is 3.48. The highest BCUT2D eigenvalue weighted by molar-refractivity contribution is 5.95. The van der Waals surface area contributed by atoms with Crippen LogP contribution in [0.25, 0.3) is 11.0 Å². The van der Waals surface area contributed by atoms with E-state index in [2.05, 4.69) is 10.3 Å². The normalized spacial score (nSPS) is 12.0. The van der Waals surface area contributed by atoms with Gasteiger partial charge in [-0.25, -0.2) is 9.37 Å². The molecule has 0 fully saturated rings. The van der Waals surface area contributed by atoms with Crippen molar-refractivity contribution in [2.75, 3.05) is 7.11 Å². The number of benzene rings is 3. The third-order valence-electron chi connectivity index (χ3n) is 5.15. The monoisotopic (exact) mass is 403 g/mol.